The normalized spacial score (nSPS) is 12.1. The van der Waals surface area contributed by atoms with Gasteiger partial charge >= 0.3 is 0 Å². The first kappa shape index (κ1) is 18.2. The standard InChI is InChI=1S/C23H25NO2/c1-17-12-13-22(21-11-7-6-10-20(17)21)23(25)14-15-24-18(2)16-26-19-8-4-3-5-9-19/h3-13,18,24H,14-16H2,1-2H3. The van der Waals surface area contributed by atoms with E-state index in [4.69, 9.17) is 4.74 Å². The lowest BCUT2D eigenvalue weighted by atomic mass is 9.97. The summed E-state index contributed by atoms with van der Waals surface area (Å²) in [6.45, 7) is 5.35. The largest absolute Gasteiger partial charge is 0.492 e. The molecule has 0 radical (unpaired) electrons. The smallest absolute Gasteiger partial charge is 0.164 e. The SMILES string of the molecule is Cc1ccc(C(=O)CCNC(C)COc2ccccc2)c2ccccc12. The Bertz CT molecular complexity index is 874. The lowest BCUT2D eigenvalue weighted by molar-refractivity contribution is 0.0982. The predicted molar refractivity (Wildman–Crippen MR) is 107 cm³/mol. The van der Waals surface area contributed by atoms with Crippen LogP contribution in [0.15, 0.2) is 66.7 Å². The molecule has 0 amide bonds. The van der Waals surface area contributed by atoms with Crippen LogP contribution in [0, 0.1) is 6.92 Å². The average molecular weight is 347 g/mol. The lowest BCUT2D eigenvalue weighted by Gasteiger charge is -2.15. The Hall–Kier alpha value is -2.65. The van der Waals surface area contributed by atoms with Crippen LogP contribution in [0.2, 0.25) is 0 Å². The van der Waals surface area contributed by atoms with E-state index in [2.05, 4.69) is 25.2 Å². The van der Waals surface area contributed by atoms with Crippen LogP contribution in [0.25, 0.3) is 10.8 Å². The number of ether oxygens (including phenoxy) is 1. The van der Waals surface area contributed by atoms with Gasteiger partial charge in [-0.2, -0.15) is 0 Å². The summed E-state index contributed by atoms with van der Waals surface area (Å²) in [7, 11) is 0. The number of Topliss-reactive ketones (excluding diaryl/α,β-unsaturated/α-hetero) is 1. The summed E-state index contributed by atoms with van der Waals surface area (Å²) < 4.78 is 5.73. The summed E-state index contributed by atoms with van der Waals surface area (Å²) in [5, 5.41) is 5.56. The van der Waals surface area contributed by atoms with E-state index in [1.165, 1.54) is 5.56 Å². The zero-order valence-corrected chi connectivity index (χ0v) is 15.4. The first-order valence-electron chi connectivity index (χ1n) is 9.08. The zero-order valence-electron chi connectivity index (χ0n) is 15.4. The van der Waals surface area contributed by atoms with Crippen molar-refractivity contribution < 1.29 is 9.53 Å². The van der Waals surface area contributed by atoms with Gasteiger partial charge in [0.2, 0.25) is 0 Å². The maximum atomic E-state index is 12.7. The number of ketones is 1. The minimum atomic E-state index is 0.171. The first-order chi connectivity index (χ1) is 12.6. The lowest BCUT2D eigenvalue weighted by Crippen LogP contribution is -2.33. The molecule has 0 saturated carbocycles. The topological polar surface area (TPSA) is 38.3 Å². The van der Waals surface area contributed by atoms with E-state index in [-0.39, 0.29) is 11.8 Å². The molecular formula is C23H25NO2. The molecule has 0 heterocycles. The molecule has 3 rings (SSSR count). The van der Waals surface area contributed by atoms with Crippen molar-refractivity contribution in [3.8, 4) is 5.75 Å². The third-order valence-electron chi connectivity index (χ3n) is 4.53. The molecule has 0 spiro atoms. The molecule has 0 bridgehead atoms. The molecule has 26 heavy (non-hydrogen) atoms. The van der Waals surface area contributed by atoms with E-state index in [0.717, 1.165) is 22.1 Å². The minimum Gasteiger partial charge on any atom is -0.492 e. The third kappa shape index (κ3) is 4.50. The van der Waals surface area contributed by atoms with Crippen molar-refractivity contribution in [3.63, 3.8) is 0 Å². The van der Waals surface area contributed by atoms with Gasteiger partial charge in [0.05, 0.1) is 0 Å². The van der Waals surface area contributed by atoms with Crippen molar-refractivity contribution in [2.24, 2.45) is 0 Å². The number of carbonyl (C=O) groups is 1. The molecule has 0 aliphatic carbocycles. The Morgan fingerprint density at radius 1 is 0.962 bits per heavy atom. The van der Waals surface area contributed by atoms with Gasteiger partial charge in [-0.15, -0.1) is 0 Å². The summed E-state index contributed by atoms with van der Waals surface area (Å²) in [5.74, 6) is 1.04. The molecule has 3 aromatic rings. The minimum absolute atomic E-state index is 0.171. The predicted octanol–water partition coefficient (Wildman–Crippen LogP) is 4.78. The summed E-state index contributed by atoms with van der Waals surface area (Å²) in [4.78, 5) is 12.7. The van der Waals surface area contributed by atoms with Crippen LogP contribution < -0.4 is 10.1 Å². The Morgan fingerprint density at radius 2 is 1.65 bits per heavy atom. The van der Waals surface area contributed by atoms with E-state index in [1.807, 2.05) is 60.7 Å². The monoisotopic (exact) mass is 347 g/mol. The van der Waals surface area contributed by atoms with Gasteiger partial charge in [-0.05, 0) is 42.3 Å². The fourth-order valence-electron chi connectivity index (χ4n) is 3.06. The molecule has 1 atom stereocenters. The molecule has 1 N–H and O–H groups in total. The van der Waals surface area contributed by atoms with Gasteiger partial charge in [0.1, 0.15) is 12.4 Å². The number of carbonyl (C=O) groups excluding carboxylic acids is 1. The second kappa shape index (κ2) is 8.63. The molecule has 0 fully saturated rings. The van der Waals surface area contributed by atoms with Gasteiger partial charge in [-0.1, -0.05) is 54.6 Å². The van der Waals surface area contributed by atoms with Crippen LogP contribution in [-0.2, 0) is 0 Å². The fourth-order valence-corrected chi connectivity index (χ4v) is 3.06. The maximum absolute atomic E-state index is 12.7. The van der Waals surface area contributed by atoms with Crippen LogP contribution in [-0.4, -0.2) is 25.0 Å². The Morgan fingerprint density at radius 3 is 2.42 bits per heavy atom. The summed E-state index contributed by atoms with van der Waals surface area (Å²) in [5.41, 5.74) is 2.00. The molecular weight excluding hydrogens is 322 g/mol. The molecule has 0 saturated heterocycles. The molecule has 0 aliphatic rings. The van der Waals surface area contributed by atoms with E-state index in [0.29, 0.717) is 19.6 Å². The Balaban J connectivity index is 1.52. The van der Waals surface area contributed by atoms with Gasteiger partial charge < -0.3 is 10.1 Å². The second-order valence-corrected chi connectivity index (χ2v) is 6.63. The van der Waals surface area contributed by atoms with Crippen LogP contribution in [0.5, 0.6) is 5.75 Å². The van der Waals surface area contributed by atoms with Crippen LogP contribution in [0.4, 0.5) is 0 Å². The Labute approximate surface area is 155 Å². The van der Waals surface area contributed by atoms with Crippen molar-refractivity contribution in [3.05, 3.63) is 77.9 Å². The second-order valence-electron chi connectivity index (χ2n) is 6.63. The number of hydrogen-bond donors (Lipinski definition) is 1. The average Bonchev–Trinajstić information content (AvgIpc) is 2.67. The first-order valence-corrected chi connectivity index (χ1v) is 9.08. The number of rotatable bonds is 8. The van der Waals surface area contributed by atoms with Gasteiger partial charge in [-0.25, -0.2) is 0 Å². The highest BCUT2D eigenvalue weighted by molar-refractivity contribution is 6.08. The number of aryl methyl sites for hydroxylation is 1. The van der Waals surface area contributed by atoms with Crippen LogP contribution in [0.3, 0.4) is 0 Å². The van der Waals surface area contributed by atoms with E-state index in [1.54, 1.807) is 0 Å². The van der Waals surface area contributed by atoms with E-state index >= 15 is 0 Å². The highest BCUT2D eigenvalue weighted by atomic mass is 16.5. The number of para-hydroxylation sites is 1. The quantitative estimate of drug-likeness (QED) is 0.596. The van der Waals surface area contributed by atoms with Crippen molar-refractivity contribution in [1.82, 2.24) is 5.32 Å². The molecule has 134 valence electrons. The highest BCUT2D eigenvalue weighted by Gasteiger charge is 2.11. The zero-order chi connectivity index (χ0) is 18.4. The Kier molecular flexibility index (Phi) is 6.03. The summed E-state index contributed by atoms with van der Waals surface area (Å²) in [6, 6.07) is 22.0. The van der Waals surface area contributed by atoms with Gasteiger partial charge in [-0.3, -0.25) is 4.79 Å². The van der Waals surface area contributed by atoms with Gasteiger partial charge in [0, 0.05) is 24.6 Å². The van der Waals surface area contributed by atoms with Gasteiger partial charge in [0.25, 0.3) is 0 Å². The number of fused-ring (bicyclic) bond motifs is 1. The van der Waals surface area contributed by atoms with Crippen molar-refractivity contribution in [2.75, 3.05) is 13.2 Å². The van der Waals surface area contributed by atoms with Crippen molar-refractivity contribution in [2.45, 2.75) is 26.3 Å². The van der Waals surface area contributed by atoms with Crippen LogP contribution in [0.1, 0.15) is 29.3 Å². The van der Waals surface area contributed by atoms with E-state index in [9.17, 15) is 4.79 Å². The molecule has 3 heteroatoms. The summed E-state index contributed by atoms with van der Waals surface area (Å²) >= 11 is 0. The van der Waals surface area contributed by atoms with Crippen molar-refractivity contribution in [1.29, 1.82) is 0 Å². The van der Waals surface area contributed by atoms with Crippen LogP contribution >= 0.6 is 0 Å². The fraction of sp³-hybridized carbons (Fsp3) is 0.261. The molecule has 1 unspecified atom stereocenters. The summed E-state index contributed by atoms with van der Waals surface area (Å²) in [6.07, 6.45) is 0.475. The number of hydrogen-bond acceptors (Lipinski definition) is 3. The van der Waals surface area contributed by atoms with Gasteiger partial charge in [0.15, 0.2) is 5.78 Å². The molecule has 3 aromatic carbocycles. The molecule has 0 aliphatic heterocycles. The number of benzene rings is 3. The number of nitrogens with one attached hydrogen (secondary N) is 1. The molecule has 3 nitrogen and oxygen atoms in total. The van der Waals surface area contributed by atoms with Crippen molar-refractivity contribution >= 4 is 16.6 Å². The van der Waals surface area contributed by atoms with E-state index < -0.39 is 0 Å². The highest BCUT2D eigenvalue weighted by Crippen LogP contribution is 2.23. The third-order valence-corrected chi connectivity index (χ3v) is 4.53. The maximum Gasteiger partial charge on any atom is 0.164 e. The molecule has 0 aromatic heterocycles.